The van der Waals surface area contributed by atoms with Crippen LogP contribution in [0.2, 0.25) is 0 Å². The molecule has 0 aromatic heterocycles. The molecular weight excluding hydrogens is 288 g/mol. The minimum absolute atomic E-state index is 0.222. The third kappa shape index (κ3) is 3.08. The van der Waals surface area contributed by atoms with Crippen molar-refractivity contribution in [3.8, 4) is 0 Å². The molecule has 0 saturated carbocycles. The average molecular weight is 308 g/mol. The summed E-state index contributed by atoms with van der Waals surface area (Å²) in [4.78, 5) is 0. The largest absolute Gasteiger partial charge is 0.387 e. The second-order valence-electron chi connectivity index (χ2n) is 5.32. The lowest BCUT2D eigenvalue weighted by atomic mass is 9.98. The molecule has 2 fully saturated rings. The molecule has 0 spiro atoms. The molecule has 0 unspecified atom stereocenters. The first-order valence-electron chi connectivity index (χ1n) is 7.27. The van der Waals surface area contributed by atoms with Crippen molar-refractivity contribution in [2.24, 2.45) is 0 Å². The number of aliphatic hydroxyl groups excluding tert-OH is 2. The van der Waals surface area contributed by atoms with Gasteiger partial charge in [0.1, 0.15) is 24.4 Å². The van der Waals surface area contributed by atoms with Gasteiger partial charge in [-0.15, -0.1) is 6.58 Å². The highest BCUT2D eigenvalue weighted by Gasteiger charge is 2.49. The Morgan fingerprint density at radius 3 is 2.68 bits per heavy atom. The fourth-order valence-corrected chi connectivity index (χ4v) is 2.66. The molecule has 2 heterocycles. The summed E-state index contributed by atoms with van der Waals surface area (Å²) in [5.74, 6) is 0. The lowest BCUT2D eigenvalue weighted by Crippen LogP contribution is -2.62. The van der Waals surface area contributed by atoms with E-state index in [1.807, 2.05) is 30.3 Å². The van der Waals surface area contributed by atoms with Crippen LogP contribution >= 0.6 is 0 Å². The van der Waals surface area contributed by atoms with Crippen LogP contribution in [-0.2, 0) is 18.9 Å². The molecule has 0 bridgehead atoms. The molecule has 22 heavy (non-hydrogen) atoms. The summed E-state index contributed by atoms with van der Waals surface area (Å²) in [6, 6.07) is 9.44. The van der Waals surface area contributed by atoms with E-state index in [2.05, 4.69) is 6.58 Å². The molecule has 1 aromatic carbocycles. The van der Waals surface area contributed by atoms with Crippen molar-refractivity contribution in [1.29, 1.82) is 0 Å². The second-order valence-corrected chi connectivity index (χ2v) is 5.32. The normalized spacial score (nSPS) is 38.3. The van der Waals surface area contributed by atoms with Gasteiger partial charge in [0.2, 0.25) is 0 Å². The zero-order valence-electron chi connectivity index (χ0n) is 12.1. The quantitative estimate of drug-likeness (QED) is 0.799. The molecule has 2 N–H and O–H groups in total. The van der Waals surface area contributed by atoms with E-state index in [1.165, 1.54) is 0 Å². The van der Waals surface area contributed by atoms with Crippen LogP contribution in [0, 0.1) is 0 Å². The molecule has 6 atom stereocenters. The number of hydrogen-bond donors (Lipinski definition) is 2. The van der Waals surface area contributed by atoms with Crippen molar-refractivity contribution < 1.29 is 29.2 Å². The summed E-state index contributed by atoms with van der Waals surface area (Å²) in [6.07, 6.45) is -3.41. The van der Waals surface area contributed by atoms with Crippen molar-refractivity contribution in [3.63, 3.8) is 0 Å². The summed E-state index contributed by atoms with van der Waals surface area (Å²) in [5.41, 5.74) is 0.854. The SMILES string of the molecule is C=CCO[C@H]1O[C@@H]2CO[C@H](c3ccccc3)O[C@H]2[C@H](O)[C@H]1O. The Labute approximate surface area is 128 Å². The molecule has 2 saturated heterocycles. The molecule has 0 amide bonds. The molecule has 1 aromatic rings. The van der Waals surface area contributed by atoms with Crippen LogP contribution in [0.1, 0.15) is 11.9 Å². The Balaban J connectivity index is 1.69. The number of hydrogen-bond acceptors (Lipinski definition) is 6. The van der Waals surface area contributed by atoms with E-state index in [-0.39, 0.29) is 13.2 Å². The first-order chi connectivity index (χ1) is 10.7. The van der Waals surface area contributed by atoms with E-state index in [0.29, 0.717) is 0 Å². The summed E-state index contributed by atoms with van der Waals surface area (Å²) < 4.78 is 22.4. The zero-order valence-corrected chi connectivity index (χ0v) is 12.1. The maximum atomic E-state index is 10.3. The number of rotatable bonds is 4. The van der Waals surface area contributed by atoms with Gasteiger partial charge in [0.05, 0.1) is 13.2 Å². The van der Waals surface area contributed by atoms with Gasteiger partial charge in [-0.25, -0.2) is 0 Å². The smallest absolute Gasteiger partial charge is 0.187 e. The maximum Gasteiger partial charge on any atom is 0.187 e. The van der Waals surface area contributed by atoms with Crippen LogP contribution < -0.4 is 0 Å². The van der Waals surface area contributed by atoms with E-state index in [1.54, 1.807) is 6.08 Å². The summed E-state index contributed by atoms with van der Waals surface area (Å²) >= 11 is 0. The Morgan fingerprint density at radius 1 is 1.18 bits per heavy atom. The molecule has 120 valence electrons. The zero-order chi connectivity index (χ0) is 15.5. The molecule has 0 aliphatic carbocycles. The molecule has 2 aliphatic heterocycles. The molecule has 6 nitrogen and oxygen atoms in total. The van der Waals surface area contributed by atoms with Gasteiger partial charge < -0.3 is 29.2 Å². The maximum absolute atomic E-state index is 10.3. The molecule has 3 rings (SSSR count). The minimum Gasteiger partial charge on any atom is -0.387 e. The second kappa shape index (κ2) is 6.87. The van der Waals surface area contributed by atoms with E-state index >= 15 is 0 Å². The summed E-state index contributed by atoms with van der Waals surface area (Å²) in [6.45, 7) is 4.01. The van der Waals surface area contributed by atoms with Crippen molar-refractivity contribution in [2.75, 3.05) is 13.2 Å². The number of ether oxygens (including phenoxy) is 4. The van der Waals surface area contributed by atoms with Gasteiger partial charge in [-0.1, -0.05) is 36.4 Å². The molecule has 2 aliphatic rings. The standard InChI is InChI=1S/C16H20O6/c1-2-8-19-16-13(18)12(17)14-11(21-16)9-20-15(22-14)10-6-4-3-5-7-10/h2-7,11-18H,1,8-9H2/t11-,12-,13-,14-,15+,16+/m1/s1. The Kier molecular flexibility index (Phi) is 4.87. The first-order valence-corrected chi connectivity index (χ1v) is 7.27. The highest BCUT2D eigenvalue weighted by atomic mass is 16.8. The van der Waals surface area contributed by atoms with E-state index in [0.717, 1.165) is 5.56 Å². The Bertz CT molecular complexity index is 491. The topological polar surface area (TPSA) is 77.4 Å². The highest BCUT2D eigenvalue weighted by Crippen LogP contribution is 2.34. The lowest BCUT2D eigenvalue weighted by molar-refractivity contribution is -0.360. The Hall–Kier alpha value is -1.28. The van der Waals surface area contributed by atoms with Crippen molar-refractivity contribution in [3.05, 3.63) is 48.6 Å². The number of fused-ring (bicyclic) bond motifs is 1. The number of benzene rings is 1. The van der Waals surface area contributed by atoms with Gasteiger partial charge in [-0.2, -0.15) is 0 Å². The average Bonchev–Trinajstić information content (AvgIpc) is 2.57. The van der Waals surface area contributed by atoms with Crippen molar-refractivity contribution >= 4 is 0 Å². The van der Waals surface area contributed by atoms with E-state index in [4.69, 9.17) is 18.9 Å². The van der Waals surface area contributed by atoms with Gasteiger partial charge in [-0.3, -0.25) is 0 Å². The van der Waals surface area contributed by atoms with Gasteiger partial charge >= 0.3 is 0 Å². The van der Waals surface area contributed by atoms with Crippen LogP contribution in [0.3, 0.4) is 0 Å². The van der Waals surface area contributed by atoms with Gasteiger partial charge in [0.15, 0.2) is 12.6 Å². The van der Waals surface area contributed by atoms with Gasteiger partial charge in [0.25, 0.3) is 0 Å². The van der Waals surface area contributed by atoms with Crippen LogP contribution in [0.15, 0.2) is 43.0 Å². The molecule has 6 heteroatoms. The van der Waals surface area contributed by atoms with Crippen LogP contribution in [-0.4, -0.2) is 54.1 Å². The molecular formula is C16H20O6. The fraction of sp³-hybridized carbons (Fsp3) is 0.500. The third-order valence-electron chi connectivity index (χ3n) is 3.78. The van der Waals surface area contributed by atoms with Gasteiger partial charge in [-0.05, 0) is 0 Å². The predicted octanol–water partition coefficient (Wildman–Crippen LogP) is 0.750. The number of aliphatic hydroxyl groups is 2. The monoisotopic (exact) mass is 308 g/mol. The van der Waals surface area contributed by atoms with Crippen molar-refractivity contribution in [2.45, 2.75) is 37.0 Å². The van der Waals surface area contributed by atoms with Gasteiger partial charge in [0, 0.05) is 5.56 Å². The minimum atomic E-state index is -1.18. The van der Waals surface area contributed by atoms with Crippen LogP contribution in [0.4, 0.5) is 0 Å². The predicted molar refractivity (Wildman–Crippen MR) is 76.8 cm³/mol. The van der Waals surface area contributed by atoms with Crippen LogP contribution in [0.5, 0.6) is 0 Å². The van der Waals surface area contributed by atoms with Crippen LogP contribution in [0.25, 0.3) is 0 Å². The van der Waals surface area contributed by atoms with Crippen molar-refractivity contribution in [1.82, 2.24) is 0 Å². The van der Waals surface area contributed by atoms with E-state index in [9.17, 15) is 10.2 Å². The lowest BCUT2D eigenvalue weighted by Gasteiger charge is -2.46. The van der Waals surface area contributed by atoms with E-state index < -0.39 is 37.0 Å². The molecule has 0 radical (unpaired) electrons. The third-order valence-corrected chi connectivity index (χ3v) is 3.78. The fourth-order valence-electron chi connectivity index (χ4n) is 2.66. The summed E-state index contributed by atoms with van der Waals surface area (Å²) in [5, 5.41) is 20.4. The first kappa shape index (κ1) is 15.6. The summed E-state index contributed by atoms with van der Waals surface area (Å²) in [7, 11) is 0. The Morgan fingerprint density at radius 2 is 1.95 bits per heavy atom. The highest BCUT2D eigenvalue weighted by molar-refractivity contribution is 5.16.